The summed E-state index contributed by atoms with van der Waals surface area (Å²) < 4.78 is 9.98. The van der Waals surface area contributed by atoms with Crippen molar-refractivity contribution in [3.63, 3.8) is 0 Å². The fourth-order valence-electron chi connectivity index (χ4n) is 2.85. The highest BCUT2D eigenvalue weighted by atomic mass is 16.6. The molecule has 0 unspecified atom stereocenters. The molecule has 2 aromatic heterocycles. The fourth-order valence-corrected chi connectivity index (χ4v) is 2.85. The molecule has 0 atom stereocenters. The molecular formula is C18H23N5O4. The van der Waals surface area contributed by atoms with Crippen molar-refractivity contribution in [2.24, 2.45) is 0 Å². The number of amides is 2. The topological polar surface area (TPSA) is 110 Å². The summed E-state index contributed by atoms with van der Waals surface area (Å²) in [6, 6.07) is 5.19. The molecule has 27 heavy (non-hydrogen) atoms. The van der Waals surface area contributed by atoms with E-state index in [0.717, 1.165) is 0 Å². The van der Waals surface area contributed by atoms with E-state index in [1.165, 1.54) is 6.20 Å². The molecule has 3 heterocycles. The maximum atomic E-state index is 12.4. The Morgan fingerprint density at radius 2 is 2.07 bits per heavy atom. The second kappa shape index (κ2) is 8.52. The molecule has 0 aromatic carbocycles. The van der Waals surface area contributed by atoms with Gasteiger partial charge in [-0.1, -0.05) is 5.16 Å². The average Bonchev–Trinajstić information content (AvgIpc) is 3.08. The zero-order valence-electron chi connectivity index (χ0n) is 15.4. The summed E-state index contributed by atoms with van der Waals surface area (Å²) in [5.41, 5.74) is 0.477. The summed E-state index contributed by atoms with van der Waals surface area (Å²) in [7, 11) is 0. The number of aromatic nitrogens is 2. The molecule has 9 nitrogen and oxygen atoms in total. The lowest BCUT2D eigenvalue weighted by atomic mass is 10.0. The maximum Gasteiger partial charge on any atom is 0.409 e. The predicted octanol–water partition coefficient (Wildman–Crippen LogP) is 2.47. The number of hydrogen-bond donors (Lipinski definition) is 2. The van der Waals surface area contributed by atoms with E-state index in [9.17, 15) is 9.59 Å². The van der Waals surface area contributed by atoms with Crippen molar-refractivity contribution in [2.75, 3.05) is 25.0 Å². The first kappa shape index (κ1) is 18.7. The van der Waals surface area contributed by atoms with Crippen molar-refractivity contribution < 1.29 is 18.8 Å². The number of aryl methyl sites for hydroxylation is 1. The molecule has 2 amide bonds. The number of rotatable bonds is 5. The van der Waals surface area contributed by atoms with Crippen molar-refractivity contribution in [1.82, 2.24) is 20.4 Å². The molecule has 1 saturated heterocycles. The highest BCUT2D eigenvalue weighted by molar-refractivity contribution is 5.94. The first-order valence-corrected chi connectivity index (χ1v) is 8.94. The molecule has 0 bridgehead atoms. The van der Waals surface area contributed by atoms with E-state index >= 15 is 0 Å². The molecule has 144 valence electrons. The van der Waals surface area contributed by atoms with Crippen LogP contribution in [0.2, 0.25) is 0 Å². The zero-order valence-corrected chi connectivity index (χ0v) is 15.4. The van der Waals surface area contributed by atoms with E-state index in [0.29, 0.717) is 55.5 Å². The van der Waals surface area contributed by atoms with Crippen LogP contribution in [0.4, 0.5) is 16.4 Å². The third-order valence-electron chi connectivity index (χ3n) is 4.27. The van der Waals surface area contributed by atoms with Gasteiger partial charge in [0.2, 0.25) is 0 Å². The molecule has 1 aliphatic rings. The molecule has 1 fully saturated rings. The molecule has 2 aromatic rings. The number of piperidine rings is 1. The maximum absolute atomic E-state index is 12.4. The highest BCUT2D eigenvalue weighted by Gasteiger charge is 2.24. The van der Waals surface area contributed by atoms with Crippen molar-refractivity contribution in [1.29, 1.82) is 0 Å². The largest absolute Gasteiger partial charge is 0.450 e. The van der Waals surface area contributed by atoms with Gasteiger partial charge in [0.15, 0.2) is 5.82 Å². The van der Waals surface area contributed by atoms with E-state index in [-0.39, 0.29) is 18.0 Å². The number of carbonyl (C=O) groups is 2. The van der Waals surface area contributed by atoms with Gasteiger partial charge >= 0.3 is 6.09 Å². The number of likely N-dealkylation sites (tertiary alicyclic amines) is 1. The van der Waals surface area contributed by atoms with Crippen LogP contribution in [0.25, 0.3) is 0 Å². The van der Waals surface area contributed by atoms with Crippen molar-refractivity contribution in [2.45, 2.75) is 32.7 Å². The molecule has 3 rings (SSSR count). The number of nitrogens with one attached hydrogen (secondary N) is 2. The molecule has 2 N–H and O–H groups in total. The van der Waals surface area contributed by atoms with Gasteiger partial charge in [0.05, 0.1) is 12.2 Å². The standard InChI is InChI=1S/C18H23N5O4/c1-3-26-18(25)23-8-6-14(7-9-23)20-17(24)13-4-5-15(19-11-13)21-16-10-12(2)27-22-16/h4-5,10-11,14H,3,6-9H2,1-2H3,(H,20,24)(H,19,21,22). The van der Waals surface area contributed by atoms with Crippen molar-refractivity contribution in [3.8, 4) is 0 Å². The first-order chi connectivity index (χ1) is 13.0. The zero-order chi connectivity index (χ0) is 19.2. The molecule has 1 aliphatic heterocycles. The first-order valence-electron chi connectivity index (χ1n) is 8.94. The van der Waals surface area contributed by atoms with E-state index in [2.05, 4.69) is 20.8 Å². The van der Waals surface area contributed by atoms with E-state index < -0.39 is 0 Å². The Morgan fingerprint density at radius 1 is 1.30 bits per heavy atom. The van der Waals surface area contributed by atoms with Gasteiger partial charge in [-0.15, -0.1) is 0 Å². The van der Waals surface area contributed by atoms with Gasteiger partial charge in [0, 0.05) is 31.4 Å². The molecular weight excluding hydrogens is 350 g/mol. The molecule has 0 saturated carbocycles. The van der Waals surface area contributed by atoms with Crippen LogP contribution in [0.3, 0.4) is 0 Å². The number of ether oxygens (including phenoxy) is 1. The smallest absolute Gasteiger partial charge is 0.409 e. The normalized spacial score (nSPS) is 14.7. The summed E-state index contributed by atoms with van der Waals surface area (Å²) in [6.45, 7) is 5.09. The lowest BCUT2D eigenvalue weighted by molar-refractivity contribution is 0.0860. The quantitative estimate of drug-likeness (QED) is 0.828. The van der Waals surface area contributed by atoms with Crippen LogP contribution in [0, 0.1) is 6.92 Å². The van der Waals surface area contributed by atoms with Crippen LogP contribution in [0.15, 0.2) is 28.9 Å². The van der Waals surface area contributed by atoms with Gasteiger partial charge in [0.1, 0.15) is 11.6 Å². The van der Waals surface area contributed by atoms with Crippen LogP contribution in [0.1, 0.15) is 35.9 Å². The predicted molar refractivity (Wildman–Crippen MR) is 97.8 cm³/mol. The van der Waals surface area contributed by atoms with Crippen molar-refractivity contribution >= 4 is 23.6 Å². The monoisotopic (exact) mass is 373 g/mol. The third kappa shape index (κ3) is 4.96. The Hall–Kier alpha value is -3.10. The van der Waals surface area contributed by atoms with Gasteiger partial charge in [-0.2, -0.15) is 0 Å². The minimum Gasteiger partial charge on any atom is -0.450 e. The number of anilines is 2. The van der Waals surface area contributed by atoms with Gasteiger partial charge in [0.25, 0.3) is 5.91 Å². The Kier molecular flexibility index (Phi) is 5.90. The van der Waals surface area contributed by atoms with Gasteiger partial charge in [-0.05, 0) is 38.8 Å². The molecule has 0 spiro atoms. The summed E-state index contributed by atoms with van der Waals surface area (Å²) in [5.74, 6) is 1.65. The highest BCUT2D eigenvalue weighted by Crippen LogP contribution is 2.15. The van der Waals surface area contributed by atoms with Crippen molar-refractivity contribution in [3.05, 3.63) is 35.7 Å². The number of carbonyl (C=O) groups excluding carboxylic acids is 2. The lowest BCUT2D eigenvalue weighted by Crippen LogP contribution is -2.46. The average molecular weight is 373 g/mol. The van der Waals surface area contributed by atoms with E-state index in [1.54, 1.807) is 36.9 Å². The van der Waals surface area contributed by atoms with Crippen LogP contribution >= 0.6 is 0 Å². The molecule has 0 radical (unpaired) electrons. The molecule has 0 aliphatic carbocycles. The van der Waals surface area contributed by atoms with Crippen LogP contribution in [-0.4, -0.2) is 52.8 Å². The Balaban J connectivity index is 1.49. The Morgan fingerprint density at radius 3 is 2.67 bits per heavy atom. The fraction of sp³-hybridized carbons (Fsp3) is 0.444. The van der Waals surface area contributed by atoms with Gasteiger partial charge < -0.3 is 24.8 Å². The van der Waals surface area contributed by atoms with Gasteiger partial charge in [-0.25, -0.2) is 9.78 Å². The summed E-state index contributed by atoms with van der Waals surface area (Å²) in [6.07, 6.45) is 2.61. The second-order valence-electron chi connectivity index (χ2n) is 6.31. The lowest BCUT2D eigenvalue weighted by Gasteiger charge is -2.31. The Labute approximate surface area is 157 Å². The summed E-state index contributed by atoms with van der Waals surface area (Å²) in [4.78, 5) is 30.0. The number of pyridine rings is 1. The van der Waals surface area contributed by atoms with E-state index in [4.69, 9.17) is 9.26 Å². The summed E-state index contributed by atoms with van der Waals surface area (Å²) >= 11 is 0. The number of hydrogen-bond acceptors (Lipinski definition) is 7. The minimum atomic E-state index is -0.295. The molecule has 9 heteroatoms. The SMILES string of the molecule is CCOC(=O)N1CCC(NC(=O)c2ccc(Nc3cc(C)on3)nc2)CC1. The third-order valence-corrected chi connectivity index (χ3v) is 4.27. The minimum absolute atomic E-state index is 0.0269. The van der Waals surface area contributed by atoms with E-state index in [1.807, 2.05) is 0 Å². The second-order valence-corrected chi connectivity index (χ2v) is 6.31. The van der Waals surface area contributed by atoms with Crippen LogP contribution in [-0.2, 0) is 4.74 Å². The van der Waals surface area contributed by atoms with Gasteiger partial charge in [-0.3, -0.25) is 4.79 Å². The number of nitrogens with zero attached hydrogens (tertiary/aromatic N) is 3. The Bertz CT molecular complexity index is 781. The van der Waals surface area contributed by atoms with Crippen LogP contribution < -0.4 is 10.6 Å². The van der Waals surface area contributed by atoms with Crippen LogP contribution in [0.5, 0.6) is 0 Å². The summed E-state index contributed by atoms with van der Waals surface area (Å²) in [5, 5.41) is 9.83.